The van der Waals surface area contributed by atoms with Gasteiger partial charge in [-0.15, -0.1) is 0 Å². The lowest BCUT2D eigenvalue weighted by molar-refractivity contribution is 0.134. The molecule has 1 aliphatic heterocycles. The summed E-state index contributed by atoms with van der Waals surface area (Å²) < 4.78 is 0. The largest absolute Gasteiger partial charge is 0.310 e. The molecule has 0 spiro atoms. The van der Waals surface area contributed by atoms with Gasteiger partial charge in [-0.2, -0.15) is 0 Å². The third kappa shape index (κ3) is 2.58. The molecule has 3 rings (SSSR count). The third-order valence-corrected chi connectivity index (χ3v) is 4.84. The van der Waals surface area contributed by atoms with Crippen LogP contribution in [0.4, 0.5) is 0 Å². The van der Waals surface area contributed by atoms with Gasteiger partial charge in [-0.3, -0.25) is 0 Å². The number of hydrogen-bond acceptors (Lipinski definition) is 2. The van der Waals surface area contributed by atoms with Crippen molar-refractivity contribution >= 4 is 0 Å². The van der Waals surface area contributed by atoms with E-state index in [1.807, 2.05) is 0 Å². The van der Waals surface area contributed by atoms with Crippen molar-refractivity contribution in [2.75, 3.05) is 19.6 Å². The molecule has 1 N–H and O–H groups in total. The maximum Gasteiger partial charge on any atom is 0.0169 e. The van der Waals surface area contributed by atoms with E-state index in [2.05, 4.69) is 29.3 Å². The molecule has 4 unspecified atom stereocenters. The molecule has 0 bridgehead atoms. The van der Waals surface area contributed by atoms with Gasteiger partial charge in [0.25, 0.3) is 0 Å². The standard InChI is InChI=1S/C15H26N2/c1-12(11-17-8-3-2-4-9-17)16-15-10-13-6-5-7-14(13)15/h5,7,12-16H,2-4,6,8-11H2,1H3. The van der Waals surface area contributed by atoms with Crippen LogP contribution in [-0.4, -0.2) is 36.6 Å². The Balaban J connectivity index is 1.41. The summed E-state index contributed by atoms with van der Waals surface area (Å²) in [5.74, 6) is 1.84. The summed E-state index contributed by atoms with van der Waals surface area (Å²) in [6.07, 6.45) is 11.8. The normalized spacial score (nSPS) is 38.8. The molecule has 1 saturated heterocycles. The molecule has 0 aromatic heterocycles. The third-order valence-electron chi connectivity index (χ3n) is 4.84. The van der Waals surface area contributed by atoms with Gasteiger partial charge in [0.1, 0.15) is 0 Å². The van der Waals surface area contributed by atoms with E-state index in [1.165, 1.54) is 51.7 Å². The van der Waals surface area contributed by atoms with Crippen LogP contribution in [0, 0.1) is 11.8 Å². The Hall–Kier alpha value is -0.340. The van der Waals surface area contributed by atoms with Gasteiger partial charge in [0.2, 0.25) is 0 Å². The second-order valence-corrected chi connectivity index (χ2v) is 6.27. The number of fused-ring (bicyclic) bond motifs is 1. The molecular weight excluding hydrogens is 208 g/mol. The van der Waals surface area contributed by atoms with Crippen LogP contribution in [0.2, 0.25) is 0 Å². The number of nitrogens with one attached hydrogen (secondary N) is 1. The Kier molecular flexibility index (Phi) is 3.53. The summed E-state index contributed by atoms with van der Waals surface area (Å²) >= 11 is 0. The SMILES string of the molecule is CC(CN1CCCCC1)NC1CC2CC=CC21. The first kappa shape index (κ1) is 11.7. The van der Waals surface area contributed by atoms with E-state index in [0.29, 0.717) is 6.04 Å². The summed E-state index contributed by atoms with van der Waals surface area (Å²) in [5.41, 5.74) is 0. The fraction of sp³-hybridized carbons (Fsp3) is 0.867. The van der Waals surface area contributed by atoms with E-state index in [0.717, 1.165) is 17.9 Å². The molecule has 17 heavy (non-hydrogen) atoms. The minimum absolute atomic E-state index is 0.660. The van der Waals surface area contributed by atoms with Crippen molar-refractivity contribution in [1.82, 2.24) is 10.2 Å². The minimum atomic E-state index is 0.660. The predicted molar refractivity (Wildman–Crippen MR) is 72.0 cm³/mol. The minimum Gasteiger partial charge on any atom is -0.310 e. The fourth-order valence-electron chi connectivity index (χ4n) is 3.85. The van der Waals surface area contributed by atoms with E-state index in [9.17, 15) is 0 Å². The molecule has 0 aromatic carbocycles. The molecule has 0 radical (unpaired) electrons. The molecule has 2 nitrogen and oxygen atoms in total. The number of nitrogens with zero attached hydrogens (tertiary/aromatic N) is 1. The van der Waals surface area contributed by atoms with E-state index < -0.39 is 0 Å². The highest BCUT2D eigenvalue weighted by Gasteiger charge is 2.41. The summed E-state index contributed by atoms with van der Waals surface area (Å²) in [6.45, 7) is 6.25. The average molecular weight is 234 g/mol. The van der Waals surface area contributed by atoms with Gasteiger partial charge in [0.05, 0.1) is 0 Å². The van der Waals surface area contributed by atoms with Gasteiger partial charge in [0.15, 0.2) is 0 Å². The topological polar surface area (TPSA) is 15.3 Å². The molecule has 2 heteroatoms. The highest BCUT2D eigenvalue weighted by atomic mass is 15.2. The lowest BCUT2D eigenvalue weighted by Crippen LogP contribution is -2.53. The van der Waals surface area contributed by atoms with Crippen molar-refractivity contribution in [2.45, 2.75) is 51.1 Å². The summed E-state index contributed by atoms with van der Waals surface area (Å²) in [4.78, 5) is 2.64. The predicted octanol–water partition coefficient (Wildman–Crippen LogP) is 2.42. The Bertz CT molecular complexity index is 281. The zero-order valence-corrected chi connectivity index (χ0v) is 11.1. The molecule has 1 saturated carbocycles. The molecule has 1 heterocycles. The molecule has 2 aliphatic carbocycles. The van der Waals surface area contributed by atoms with Crippen LogP contribution in [0.25, 0.3) is 0 Å². The highest BCUT2D eigenvalue weighted by Crippen LogP contribution is 2.42. The highest BCUT2D eigenvalue weighted by molar-refractivity contribution is 5.13. The molecule has 0 aromatic rings. The van der Waals surface area contributed by atoms with Gasteiger partial charge in [-0.05, 0) is 57.5 Å². The van der Waals surface area contributed by atoms with E-state index in [4.69, 9.17) is 0 Å². The lowest BCUT2D eigenvalue weighted by Gasteiger charge is -2.43. The Morgan fingerprint density at radius 2 is 2.12 bits per heavy atom. The van der Waals surface area contributed by atoms with Gasteiger partial charge in [-0.25, -0.2) is 0 Å². The van der Waals surface area contributed by atoms with E-state index >= 15 is 0 Å². The van der Waals surface area contributed by atoms with Crippen LogP contribution >= 0.6 is 0 Å². The van der Waals surface area contributed by atoms with Crippen molar-refractivity contribution in [1.29, 1.82) is 0 Å². The molecule has 0 amide bonds. The summed E-state index contributed by atoms with van der Waals surface area (Å²) in [5, 5.41) is 3.84. The maximum atomic E-state index is 3.84. The van der Waals surface area contributed by atoms with Gasteiger partial charge in [0, 0.05) is 18.6 Å². The number of rotatable bonds is 4. The zero-order chi connectivity index (χ0) is 11.7. The average Bonchev–Trinajstić information content (AvgIpc) is 2.69. The number of allylic oxidation sites excluding steroid dienone is 1. The summed E-state index contributed by atoms with van der Waals surface area (Å²) in [7, 11) is 0. The number of piperidine rings is 1. The van der Waals surface area contributed by atoms with Crippen LogP contribution in [0.15, 0.2) is 12.2 Å². The fourth-order valence-corrected chi connectivity index (χ4v) is 3.85. The Morgan fingerprint density at radius 1 is 1.29 bits per heavy atom. The first-order valence-electron chi connectivity index (χ1n) is 7.48. The smallest absolute Gasteiger partial charge is 0.0169 e. The van der Waals surface area contributed by atoms with Gasteiger partial charge in [-0.1, -0.05) is 18.6 Å². The zero-order valence-electron chi connectivity index (χ0n) is 11.1. The first-order valence-corrected chi connectivity index (χ1v) is 7.48. The maximum absolute atomic E-state index is 3.84. The van der Waals surface area contributed by atoms with Crippen LogP contribution in [0.1, 0.15) is 39.0 Å². The molecule has 3 aliphatic rings. The van der Waals surface area contributed by atoms with Crippen molar-refractivity contribution in [2.24, 2.45) is 11.8 Å². The number of likely N-dealkylation sites (tertiary alicyclic amines) is 1. The Labute approximate surface area is 105 Å². The van der Waals surface area contributed by atoms with Crippen molar-refractivity contribution in [3.63, 3.8) is 0 Å². The second kappa shape index (κ2) is 5.11. The Morgan fingerprint density at radius 3 is 2.88 bits per heavy atom. The quantitative estimate of drug-likeness (QED) is 0.752. The van der Waals surface area contributed by atoms with E-state index in [-0.39, 0.29) is 0 Å². The van der Waals surface area contributed by atoms with E-state index in [1.54, 1.807) is 0 Å². The van der Waals surface area contributed by atoms with Gasteiger partial charge >= 0.3 is 0 Å². The molecule has 4 atom stereocenters. The van der Waals surface area contributed by atoms with Crippen molar-refractivity contribution in [3.8, 4) is 0 Å². The van der Waals surface area contributed by atoms with Crippen LogP contribution in [-0.2, 0) is 0 Å². The molecular formula is C15H26N2. The second-order valence-electron chi connectivity index (χ2n) is 6.27. The summed E-state index contributed by atoms with van der Waals surface area (Å²) in [6, 6.07) is 1.44. The first-order chi connectivity index (χ1) is 8.33. The lowest BCUT2D eigenvalue weighted by atomic mass is 9.71. The van der Waals surface area contributed by atoms with Crippen LogP contribution < -0.4 is 5.32 Å². The van der Waals surface area contributed by atoms with Crippen molar-refractivity contribution < 1.29 is 0 Å². The number of hydrogen-bond donors (Lipinski definition) is 1. The van der Waals surface area contributed by atoms with Gasteiger partial charge < -0.3 is 10.2 Å². The van der Waals surface area contributed by atoms with Crippen LogP contribution in [0.5, 0.6) is 0 Å². The monoisotopic (exact) mass is 234 g/mol. The van der Waals surface area contributed by atoms with Crippen molar-refractivity contribution in [3.05, 3.63) is 12.2 Å². The van der Waals surface area contributed by atoms with Crippen LogP contribution in [0.3, 0.4) is 0 Å². The molecule has 2 fully saturated rings. The molecule has 96 valence electrons.